The van der Waals surface area contributed by atoms with Crippen LogP contribution in [0.2, 0.25) is 0 Å². The number of carbonyl (C=O) groups is 2. The van der Waals surface area contributed by atoms with Crippen LogP contribution in [-0.2, 0) is 9.59 Å². The Morgan fingerprint density at radius 1 is 1.36 bits per heavy atom. The minimum absolute atomic E-state index is 0. The molecular weight excluding hydrogens is 342 g/mol. The fourth-order valence-electron chi connectivity index (χ4n) is 3.02. The van der Waals surface area contributed by atoms with E-state index in [0.717, 1.165) is 11.3 Å². The van der Waals surface area contributed by atoms with Gasteiger partial charge in [-0.15, -0.1) is 12.4 Å². The monoisotopic (exact) mass is 369 g/mol. The topological polar surface area (TPSA) is 84.7 Å². The second kappa shape index (κ2) is 8.54. The molecular formula is C18H28ClN3O3. The summed E-state index contributed by atoms with van der Waals surface area (Å²) in [7, 11) is 3.36. The van der Waals surface area contributed by atoms with E-state index in [4.69, 9.17) is 10.5 Å². The first-order valence-electron chi connectivity index (χ1n) is 8.19. The van der Waals surface area contributed by atoms with Crippen molar-refractivity contribution in [1.82, 2.24) is 10.2 Å². The molecule has 1 fully saturated rings. The van der Waals surface area contributed by atoms with Gasteiger partial charge in [0.1, 0.15) is 5.75 Å². The van der Waals surface area contributed by atoms with Crippen molar-refractivity contribution in [2.24, 2.45) is 11.7 Å². The first-order valence-corrected chi connectivity index (χ1v) is 8.19. The van der Waals surface area contributed by atoms with Crippen molar-refractivity contribution in [3.63, 3.8) is 0 Å². The highest BCUT2D eigenvalue weighted by molar-refractivity contribution is 5.85. The van der Waals surface area contributed by atoms with Gasteiger partial charge in [0, 0.05) is 25.6 Å². The van der Waals surface area contributed by atoms with E-state index < -0.39 is 5.54 Å². The Hall–Kier alpha value is -1.79. The Morgan fingerprint density at radius 3 is 2.48 bits per heavy atom. The summed E-state index contributed by atoms with van der Waals surface area (Å²) in [5.74, 6) is 0.450. The number of likely N-dealkylation sites (tertiary alicyclic amines) is 1. The van der Waals surface area contributed by atoms with E-state index in [1.807, 2.05) is 38.1 Å². The third-order valence-corrected chi connectivity index (χ3v) is 4.37. The standard InChI is InChI=1S/C18H27N3O3.ClH/c1-18(2,19)11-20-17(23)14-9-10-15(22)21(3)16(14)12-5-7-13(24-4)8-6-12;/h5-8,14,16H,9-11,19H2,1-4H3,(H,20,23);1H. The molecule has 25 heavy (non-hydrogen) atoms. The van der Waals surface area contributed by atoms with Gasteiger partial charge in [-0.05, 0) is 38.0 Å². The summed E-state index contributed by atoms with van der Waals surface area (Å²) in [5.41, 5.74) is 6.41. The van der Waals surface area contributed by atoms with Crippen molar-refractivity contribution >= 4 is 24.2 Å². The van der Waals surface area contributed by atoms with Gasteiger partial charge >= 0.3 is 0 Å². The highest BCUT2D eigenvalue weighted by atomic mass is 35.5. The quantitative estimate of drug-likeness (QED) is 0.829. The van der Waals surface area contributed by atoms with Gasteiger partial charge in [-0.3, -0.25) is 9.59 Å². The lowest BCUT2D eigenvalue weighted by Gasteiger charge is -2.39. The molecule has 2 rings (SSSR count). The molecule has 1 aliphatic heterocycles. The van der Waals surface area contributed by atoms with Crippen LogP contribution in [0.3, 0.4) is 0 Å². The molecule has 7 heteroatoms. The first kappa shape index (κ1) is 21.3. The van der Waals surface area contributed by atoms with Crippen molar-refractivity contribution in [1.29, 1.82) is 0 Å². The molecule has 0 radical (unpaired) electrons. The summed E-state index contributed by atoms with van der Waals surface area (Å²) < 4.78 is 5.18. The Morgan fingerprint density at radius 2 is 1.96 bits per heavy atom. The summed E-state index contributed by atoms with van der Waals surface area (Å²) in [4.78, 5) is 26.5. The predicted octanol–water partition coefficient (Wildman–Crippen LogP) is 1.88. The number of halogens is 1. The SMILES string of the molecule is COc1ccc(C2C(C(=O)NCC(C)(C)N)CCC(=O)N2C)cc1.Cl. The molecule has 0 aliphatic carbocycles. The average Bonchev–Trinajstić information content (AvgIpc) is 2.54. The molecule has 1 saturated heterocycles. The van der Waals surface area contributed by atoms with Gasteiger partial charge in [-0.2, -0.15) is 0 Å². The zero-order valence-corrected chi connectivity index (χ0v) is 16.1. The Balaban J connectivity index is 0.00000312. The van der Waals surface area contributed by atoms with Crippen molar-refractivity contribution in [2.45, 2.75) is 38.3 Å². The lowest BCUT2D eigenvalue weighted by atomic mass is 9.84. The van der Waals surface area contributed by atoms with Crippen LogP contribution in [0.5, 0.6) is 5.75 Å². The summed E-state index contributed by atoms with van der Waals surface area (Å²) in [6.45, 7) is 4.13. The maximum atomic E-state index is 12.7. The molecule has 2 amide bonds. The fourth-order valence-corrected chi connectivity index (χ4v) is 3.02. The molecule has 1 heterocycles. The fraction of sp³-hybridized carbons (Fsp3) is 0.556. The van der Waals surface area contributed by atoms with Crippen LogP contribution in [0.15, 0.2) is 24.3 Å². The second-order valence-electron chi connectivity index (χ2n) is 7.07. The lowest BCUT2D eigenvalue weighted by molar-refractivity contribution is -0.141. The number of hydrogen-bond donors (Lipinski definition) is 2. The molecule has 2 atom stereocenters. The number of benzene rings is 1. The third-order valence-electron chi connectivity index (χ3n) is 4.37. The van der Waals surface area contributed by atoms with E-state index in [-0.39, 0.29) is 36.2 Å². The van der Waals surface area contributed by atoms with E-state index in [1.54, 1.807) is 19.1 Å². The van der Waals surface area contributed by atoms with Gasteiger partial charge in [0.25, 0.3) is 0 Å². The van der Waals surface area contributed by atoms with Crippen molar-refractivity contribution in [2.75, 3.05) is 20.7 Å². The predicted molar refractivity (Wildman–Crippen MR) is 99.8 cm³/mol. The maximum absolute atomic E-state index is 12.7. The number of nitrogens with one attached hydrogen (secondary N) is 1. The first-order chi connectivity index (χ1) is 11.2. The maximum Gasteiger partial charge on any atom is 0.225 e. The summed E-state index contributed by atoms with van der Waals surface area (Å²) >= 11 is 0. The van der Waals surface area contributed by atoms with E-state index in [9.17, 15) is 9.59 Å². The van der Waals surface area contributed by atoms with E-state index in [2.05, 4.69) is 5.32 Å². The van der Waals surface area contributed by atoms with Crippen LogP contribution >= 0.6 is 12.4 Å². The van der Waals surface area contributed by atoms with Gasteiger partial charge in [0.05, 0.1) is 19.1 Å². The lowest BCUT2D eigenvalue weighted by Crippen LogP contribution is -2.50. The molecule has 6 nitrogen and oxygen atoms in total. The summed E-state index contributed by atoms with van der Waals surface area (Å²) in [6.07, 6.45) is 0.921. The minimum atomic E-state index is -0.471. The zero-order chi connectivity index (χ0) is 17.9. The summed E-state index contributed by atoms with van der Waals surface area (Å²) in [6, 6.07) is 7.23. The van der Waals surface area contributed by atoms with Crippen molar-refractivity contribution < 1.29 is 14.3 Å². The molecule has 0 aromatic heterocycles. The molecule has 2 unspecified atom stereocenters. The van der Waals surface area contributed by atoms with Gasteiger partial charge in [-0.1, -0.05) is 12.1 Å². The minimum Gasteiger partial charge on any atom is -0.497 e. The molecule has 140 valence electrons. The molecule has 3 N–H and O–H groups in total. The van der Waals surface area contributed by atoms with Crippen LogP contribution in [0.1, 0.15) is 38.3 Å². The highest BCUT2D eigenvalue weighted by Gasteiger charge is 2.39. The highest BCUT2D eigenvalue weighted by Crippen LogP contribution is 2.36. The summed E-state index contributed by atoms with van der Waals surface area (Å²) in [5, 5.41) is 2.92. The molecule has 1 aliphatic rings. The van der Waals surface area contributed by atoms with Crippen LogP contribution in [0.25, 0.3) is 0 Å². The van der Waals surface area contributed by atoms with Crippen molar-refractivity contribution in [3.8, 4) is 5.75 Å². The number of nitrogens with zero attached hydrogens (tertiary/aromatic N) is 1. The smallest absolute Gasteiger partial charge is 0.225 e. The van der Waals surface area contributed by atoms with E-state index in [0.29, 0.717) is 19.4 Å². The molecule has 1 aromatic carbocycles. The molecule has 1 aromatic rings. The van der Waals surface area contributed by atoms with E-state index >= 15 is 0 Å². The number of rotatable bonds is 5. The van der Waals surface area contributed by atoms with Gasteiger partial charge in [0.15, 0.2) is 0 Å². The number of nitrogens with two attached hydrogens (primary N) is 1. The normalized spacial score (nSPS) is 20.7. The van der Waals surface area contributed by atoms with Gasteiger partial charge in [0.2, 0.25) is 11.8 Å². The molecule has 0 saturated carbocycles. The third kappa shape index (κ3) is 5.34. The van der Waals surface area contributed by atoms with Crippen molar-refractivity contribution in [3.05, 3.63) is 29.8 Å². The second-order valence-corrected chi connectivity index (χ2v) is 7.07. The van der Waals surface area contributed by atoms with E-state index in [1.165, 1.54) is 0 Å². The average molecular weight is 370 g/mol. The van der Waals surface area contributed by atoms with Gasteiger partial charge < -0.3 is 20.7 Å². The number of methoxy groups -OCH3 is 1. The van der Waals surface area contributed by atoms with Gasteiger partial charge in [-0.25, -0.2) is 0 Å². The Labute approximate surface area is 155 Å². The molecule has 0 spiro atoms. The zero-order valence-electron chi connectivity index (χ0n) is 15.2. The van der Waals surface area contributed by atoms with Crippen LogP contribution in [-0.4, -0.2) is 43.0 Å². The number of ether oxygens (including phenoxy) is 1. The largest absolute Gasteiger partial charge is 0.497 e. The number of piperidine rings is 1. The Kier molecular flexibility index (Phi) is 7.26. The molecule has 0 bridgehead atoms. The van der Waals surface area contributed by atoms with Crippen LogP contribution in [0.4, 0.5) is 0 Å². The van der Waals surface area contributed by atoms with Crippen LogP contribution < -0.4 is 15.8 Å². The number of hydrogen-bond acceptors (Lipinski definition) is 4. The Bertz CT molecular complexity index is 599. The van der Waals surface area contributed by atoms with Crippen LogP contribution in [0, 0.1) is 5.92 Å². The number of carbonyl (C=O) groups excluding carboxylic acids is 2. The number of amides is 2.